The van der Waals surface area contributed by atoms with Gasteiger partial charge in [-0.2, -0.15) is 5.10 Å². The second-order valence-corrected chi connectivity index (χ2v) is 5.70. The third-order valence-electron chi connectivity index (χ3n) is 3.98. The number of aliphatic hydroxyl groups is 1. The number of rotatable bonds is 2. The number of hydrogen-bond donors (Lipinski definition) is 1. The average molecular weight is 260 g/mol. The van der Waals surface area contributed by atoms with E-state index in [9.17, 15) is 5.11 Å². The van der Waals surface area contributed by atoms with Gasteiger partial charge in [0.15, 0.2) is 5.65 Å². The van der Waals surface area contributed by atoms with Crippen LogP contribution < -0.4 is 0 Å². The van der Waals surface area contributed by atoms with Gasteiger partial charge in [0, 0.05) is 0 Å². The highest BCUT2D eigenvalue weighted by Gasteiger charge is 2.23. The fourth-order valence-electron chi connectivity index (χ4n) is 2.91. The molecule has 3 rings (SSSR count). The van der Waals surface area contributed by atoms with Gasteiger partial charge in [-0.25, -0.2) is 14.6 Å². The molecule has 102 valence electrons. The third kappa shape index (κ3) is 2.23. The summed E-state index contributed by atoms with van der Waals surface area (Å²) in [6, 6.07) is 0.357. The zero-order valence-electron chi connectivity index (χ0n) is 11.5. The largest absolute Gasteiger partial charge is 0.393 e. The van der Waals surface area contributed by atoms with Crippen molar-refractivity contribution in [2.75, 3.05) is 0 Å². The lowest BCUT2D eigenvalue weighted by molar-refractivity contribution is 0.109. The molecule has 19 heavy (non-hydrogen) atoms. The highest BCUT2D eigenvalue weighted by molar-refractivity contribution is 5.77. The second-order valence-electron chi connectivity index (χ2n) is 5.70. The molecular formula is C14H20N4O. The quantitative estimate of drug-likeness (QED) is 0.900. The summed E-state index contributed by atoms with van der Waals surface area (Å²) in [5, 5.41) is 15.2. The summed E-state index contributed by atoms with van der Waals surface area (Å²) in [4.78, 5) is 8.78. The average Bonchev–Trinajstić information content (AvgIpc) is 2.83. The van der Waals surface area contributed by atoms with Gasteiger partial charge in [0.05, 0.1) is 29.4 Å². The Kier molecular flexibility index (Phi) is 3.22. The molecule has 1 aliphatic carbocycles. The summed E-state index contributed by atoms with van der Waals surface area (Å²) in [6.07, 6.45) is 7.03. The number of hydrogen-bond acceptors (Lipinski definition) is 4. The molecule has 2 aromatic rings. The first-order valence-corrected chi connectivity index (χ1v) is 7.03. The van der Waals surface area contributed by atoms with Gasteiger partial charge >= 0.3 is 0 Å². The summed E-state index contributed by atoms with van der Waals surface area (Å²) in [7, 11) is 0. The predicted octanol–water partition coefficient (Wildman–Crippen LogP) is 2.43. The van der Waals surface area contributed by atoms with Gasteiger partial charge in [-0.1, -0.05) is 13.8 Å². The molecule has 2 aromatic heterocycles. The fourth-order valence-corrected chi connectivity index (χ4v) is 2.91. The van der Waals surface area contributed by atoms with Gasteiger partial charge in [0.2, 0.25) is 0 Å². The van der Waals surface area contributed by atoms with Crippen molar-refractivity contribution >= 4 is 11.0 Å². The molecular weight excluding hydrogens is 240 g/mol. The molecule has 0 bridgehead atoms. The van der Waals surface area contributed by atoms with Crippen LogP contribution in [0.3, 0.4) is 0 Å². The fraction of sp³-hybridized carbons (Fsp3) is 0.643. The number of aromatic nitrogens is 4. The molecule has 0 aliphatic heterocycles. The van der Waals surface area contributed by atoms with Crippen molar-refractivity contribution in [2.24, 2.45) is 0 Å². The molecule has 2 heterocycles. The summed E-state index contributed by atoms with van der Waals surface area (Å²) < 4.78 is 2.02. The third-order valence-corrected chi connectivity index (χ3v) is 3.98. The van der Waals surface area contributed by atoms with Crippen molar-refractivity contribution in [3.63, 3.8) is 0 Å². The lowest BCUT2D eigenvalue weighted by atomic mass is 9.93. The SMILES string of the molecule is CC(C)c1ncnc2c1cnn2C1CCC(O)CC1. The molecule has 0 saturated heterocycles. The van der Waals surface area contributed by atoms with E-state index in [0.717, 1.165) is 42.4 Å². The highest BCUT2D eigenvalue weighted by atomic mass is 16.3. The minimum Gasteiger partial charge on any atom is -0.393 e. The Bertz CT molecular complexity index is 570. The van der Waals surface area contributed by atoms with Crippen LogP contribution in [-0.2, 0) is 0 Å². The predicted molar refractivity (Wildman–Crippen MR) is 72.9 cm³/mol. The van der Waals surface area contributed by atoms with E-state index in [1.165, 1.54) is 0 Å². The molecule has 5 nitrogen and oxygen atoms in total. The van der Waals surface area contributed by atoms with E-state index in [-0.39, 0.29) is 6.10 Å². The Hall–Kier alpha value is -1.49. The van der Waals surface area contributed by atoms with E-state index in [1.807, 2.05) is 10.9 Å². The van der Waals surface area contributed by atoms with Gasteiger partial charge in [-0.05, 0) is 31.6 Å². The van der Waals surface area contributed by atoms with Crippen LogP contribution >= 0.6 is 0 Å². The summed E-state index contributed by atoms with van der Waals surface area (Å²) in [5.74, 6) is 0.372. The molecule has 1 N–H and O–H groups in total. The number of fused-ring (bicyclic) bond motifs is 1. The molecule has 0 amide bonds. The minimum atomic E-state index is -0.140. The Morgan fingerprint density at radius 3 is 2.63 bits per heavy atom. The van der Waals surface area contributed by atoms with E-state index in [2.05, 4.69) is 28.9 Å². The first kappa shape index (κ1) is 12.5. The van der Waals surface area contributed by atoms with Crippen molar-refractivity contribution in [3.8, 4) is 0 Å². The van der Waals surface area contributed by atoms with E-state index in [1.54, 1.807) is 6.33 Å². The van der Waals surface area contributed by atoms with Crippen molar-refractivity contribution in [1.29, 1.82) is 0 Å². The number of nitrogens with zero attached hydrogens (tertiary/aromatic N) is 4. The highest BCUT2D eigenvalue weighted by Crippen LogP contribution is 2.31. The van der Waals surface area contributed by atoms with Gasteiger partial charge in [0.25, 0.3) is 0 Å². The van der Waals surface area contributed by atoms with Crippen molar-refractivity contribution in [1.82, 2.24) is 19.7 Å². The van der Waals surface area contributed by atoms with E-state index < -0.39 is 0 Å². The van der Waals surface area contributed by atoms with Crippen LogP contribution in [0, 0.1) is 0 Å². The van der Waals surface area contributed by atoms with Crippen LogP contribution in [0.1, 0.15) is 57.2 Å². The normalized spacial score (nSPS) is 24.2. The van der Waals surface area contributed by atoms with Crippen molar-refractivity contribution in [3.05, 3.63) is 18.2 Å². The Labute approximate surface area is 112 Å². The van der Waals surface area contributed by atoms with Gasteiger partial charge in [-0.3, -0.25) is 0 Å². The van der Waals surface area contributed by atoms with Crippen LogP contribution in [0.25, 0.3) is 11.0 Å². The van der Waals surface area contributed by atoms with Crippen LogP contribution in [0.15, 0.2) is 12.5 Å². The van der Waals surface area contributed by atoms with E-state index in [0.29, 0.717) is 12.0 Å². The smallest absolute Gasteiger partial charge is 0.161 e. The summed E-state index contributed by atoms with van der Waals surface area (Å²) in [5.41, 5.74) is 1.99. The Morgan fingerprint density at radius 1 is 1.21 bits per heavy atom. The second kappa shape index (κ2) is 4.89. The van der Waals surface area contributed by atoms with Gasteiger partial charge < -0.3 is 5.11 Å². The summed E-state index contributed by atoms with van der Waals surface area (Å²) in [6.45, 7) is 4.27. The van der Waals surface area contributed by atoms with Gasteiger partial charge in [-0.15, -0.1) is 0 Å². The maximum absolute atomic E-state index is 9.60. The van der Waals surface area contributed by atoms with Crippen LogP contribution in [0.2, 0.25) is 0 Å². The Morgan fingerprint density at radius 2 is 1.95 bits per heavy atom. The molecule has 1 aliphatic rings. The maximum Gasteiger partial charge on any atom is 0.161 e. The lowest BCUT2D eigenvalue weighted by Crippen LogP contribution is -2.22. The van der Waals surface area contributed by atoms with Crippen molar-refractivity contribution < 1.29 is 5.11 Å². The first-order valence-electron chi connectivity index (χ1n) is 7.03. The first-order chi connectivity index (χ1) is 9.16. The zero-order chi connectivity index (χ0) is 13.4. The van der Waals surface area contributed by atoms with E-state index in [4.69, 9.17) is 0 Å². The standard InChI is InChI=1S/C14H20N4O/c1-9(2)13-12-7-17-18(14(12)16-8-15-13)10-3-5-11(19)6-4-10/h7-11,19H,3-6H2,1-2H3. The molecule has 0 unspecified atom stereocenters. The number of aliphatic hydroxyl groups excluding tert-OH is 1. The minimum absolute atomic E-state index is 0.140. The van der Waals surface area contributed by atoms with Gasteiger partial charge in [0.1, 0.15) is 6.33 Å². The van der Waals surface area contributed by atoms with Crippen molar-refractivity contribution in [2.45, 2.75) is 57.6 Å². The van der Waals surface area contributed by atoms with Crippen LogP contribution in [0.4, 0.5) is 0 Å². The molecule has 0 atom stereocenters. The lowest BCUT2D eigenvalue weighted by Gasteiger charge is -2.25. The topological polar surface area (TPSA) is 63.8 Å². The molecule has 5 heteroatoms. The molecule has 1 saturated carbocycles. The van der Waals surface area contributed by atoms with Crippen LogP contribution in [0.5, 0.6) is 0 Å². The monoisotopic (exact) mass is 260 g/mol. The Balaban J connectivity index is 1.99. The molecule has 0 aromatic carbocycles. The van der Waals surface area contributed by atoms with E-state index >= 15 is 0 Å². The summed E-state index contributed by atoms with van der Waals surface area (Å²) >= 11 is 0. The molecule has 0 spiro atoms. The maximum atomic E-state index is 9.60. The molecule has 1 fully saturated rings. The van der Waals surface area contributed by atoms with Crippen LogP contribution in [-0.4, -0.2) is 31.0 Å². The zero-order valence-corrected chi connectivity index (χ0v) is 11.5. The molecule has 0 radical (unpaired) electrons.